The summed E-state index contributed by atoms with van der Waals surface area (Å²) in [4.78, 5) is 10.2. The number of aryl methyl sites for hydroxylation is 1. The summed E-state index contributed by atoms with van der Waals surface area (Å²) in [6.45, 7) is 1.92. The number of carbonyl (C=O) groups excluding carboxylic acids is 1. The molecule has 60 valence electrons. The van der Waals surface area contributed by atoms with Crippen molar-refractivity contribution in [3.8, 4) is 0 Å². The Morgan fingerprint density at radius 2 is 1.82 bits per heavy atom. The average Bonchev–Trinajstić information content (AvgIpc) is 2.09. The second-order valence-electron chi connectivity index (χ2n) is 1.97. The van der Waals surface area contributed by atoms with Crippen molar-refractivity contribution >= 4 is 6.29 Å². The molecule has 0 atom stereocenters. The number of aliphatic hydroxyl groups is 1. The Labute approximate surface area is 66.5 Å². The lowest BCUT2D eigenvalue weighted by Gasteiger charge is -1.92. The zero-order chi connectivity index (χ0) is 8.69. The second-order valence-corrected chi connectivity index (χ2v) is 1.97. The van der Waals surface area contributed by atoms with E-state index in [-0.39, 0.29) is 0 Å². The molecule has 2 nitrogen and oxygen atoms in total. The maximum Gasteiger partial charge on any atom is 0.150 e. The normalized spacial score (nSPS) is 7.91. The molecule has 0 aliphatic rings. The van der Waals surface area contributed by atoms with Crippen molar-refractivity contribution in [1.82, 2.24) is 0 Å². The average molecular weight is 152 g/mol. The molecule has 1 aromatic carbocycles. The van der Waals surface area contributed by atoms with E-state index in [1.54, 1.807) is 0 Å². The fourth-order valence-corrected chi connectivity index (χ4v) is 0.719. The Morgan fingerprint density at radius 1 is 1.27 bits per heavy atom. The minimum atomic E-state index is 0.775. The van der Waals surface area contributed by atoms with Gasteiger partial charge in [0.25, 0.3) is 0 Å². The van der Waals surface area contributed by atoms with Crippen molar-refractivity contribution < 1.29 is 9.90 Å². The first kappa shape index (κ1) is 9.85. The molecular formula is C9H12O2. The number of benzene rings is 1. The van der Waals surface area contributed by atoms with Gasteiger partial charge in [0.05, 0.1) is 0 Å². The minimum absolute atomic E-state index is 0.775. The Kier molecular flexibility index (Phi) is 5.03. The van der Waals surface area contributed by atoms with E-state index in [1.807, 2.05) is 31.2 Å². The van der Waals surface area contributed by atoms with Crippen molar-refractivity contribution in [2.45, 2.75) is 6.92 Å². The van der Waals surface area contributed by atoms with Gasteiger partial charge in [-0.1, -0.05) is 24.3 Å². The topological polar surface area (TPSA) is 37.3 Å². The summed E-state index contributed by atoms with van der Waals surface area (Å²) in [5.74, 6) is 0. The molecule has 0 fully saturated rings. The summed E-state index contributed by atoms with van der Waals surface area (Å²) in [5, 5.41) is 7.00. The van der Waals surface area contributed by atoms with Gasteiger partial charge in [0.1, 0.15) is 6.29 Å². The van der Waals surface area contributed by atoms with E-state index in [4.69, 9.17) is 5.11 Å². The highest BCUT2D eigenvalue weighted by molar-refractivity contribution is 5.76. The van der Waals surface area contributed by atoms with E-state index >= 15 is 0 Å². The number of aliphatic hydroxyl groups excluding tert-OH is 1. The molecule has 0 amide bonds. The fraction of sp³-hybridized carbons (Fsp3) is 0.222. The van der Waals surface area contributed by atoms with Gasteiger partial charge in [0.2, 0.25) is 0 Å². The van der Waals surface area contributed by atoms with Crippen LogP contribution in [0.4, 0.5) is 0 Å². The smallest absolute Gasteiger partial charge is 0.150 e. The number of hydrogen-bond acceptors (Lipinski definition) is 2. The van der Waals surface area contributed by atoms with Crippen molar-refractivity contribution in [3.63, 3.8) is 0 Å². The van der Waals surface area contributed by atoms with Gasteiger partial charge in [-0.25, -0.2) is 0 Å². The van der Waals surface area contributed by atoms with Crippen molar-refractivity contribution in [3.05, 3.63) is 35.4 Å². The first-order chi connectivity index (χ1) is 5.34. The van der Waals surface area contributed by atoms with Crippen LogP contribution in [0.5, 0.6) is 0 Å². The van der Waals surface area contributed by atoms with Crippen molar-refractivity contribution in [2.75, 3.05) is 7.11 Å². The van der Waals surface area contributed by atoms with Crippen LogP contribution in [0.3, 0.4) is 0 Å². The Hall–Kier alpha value is -1.15. The van der Waals surface area contributed by atoms with Gasteiger partial charge in [-0.05, 0) is 12.5 Å². The highest BCUT2D eigenvalue weighted by atomic mass is 16.2. The molecule has 1 N–H and O–H groups in total. The van der Waals surface area contributed by atoms with Crippen LogP contribution in [0.1, 0.15) is 15.9 Å². The predicted octanol–water partition coefficient (Wildman–Crippen LogP) is 1.42. The molecule has 0 bridgehead atoms. The Bertz CT molecular complexity index is 219. The predicted molar refractivity (Wildman–Crippen MR) is 44.7 cm³/mol. The number of rotatable bonds is 1. The van der Waals surface area contributed by atoms with Crippen LogP contribution >= 0.6 is 0 Å². The van der Waals surface area contributed by atoms with E-state index in [1.165, 1.54) is 0 Å². The monoisotopic (exact) mass is 152 g/mol. The molecule has 11 heavy (non-hydrogen) atoms. The third-order valence-corrected chi connectivity index (χ3v) is 1.32. The van der Waals surface area contributed by atoms with Gasteiger partial charge in [-0.2, -0.15) is 0 Å². The summed E-state index contributed by atoms with van der Waals surface area (Å²) in [6.07, 6.45) is 0.870. The maximum absolute atomic E-state index is 10.2. The summed E-state index contributed by atoms with van der Waals surface area (Å²) >= 11 is 0. The van der Waals surface area contributed by atoms with Crippen LogP contribution < -0.4 is 0 Å². The van der Waals surface area contributed by atoms with Gasteiger partial charge < -0.3 is 5.11 Å². The fourth-order valence-electron chi connectivity index (χ4n) is 0.719. The summed E-state index contributed by atoms with van der Waals surface area (Å²) < 4.78 is 0. The third kappa shape index (κ3) is 2.96. The summed E-state index contributed by atoms with van der Waals surface area (Å²) in [6, 6.07) is 7.51. The van der Waals surface area contributed by atoms with Crippen LogP contribution in [0, 0.1) is 6.92 Å². The van der Waals surface area contributed by atoms with Gasteiger partial charge in [-0.3, -0.25) is 4.79 Å². The summed E-state index contributed by atoms with van der Waals surface area (Å²) in [7, 11) is 1.00. The summed E-state index contributed by atoms with van der Waals surface area (Å²) in [5.41, 5.74) is 1.81. The first-order valence-corrected chi connectivity index (χ1v) is 3.30. The SMILES string of the molecule is CO.Cc1ccccc1C=O. The van der Waals surface area contributed by atoms with Crippen LogP contribution in [0.2, 0.25) is 0 Å². The molecule has 0 heterocycles. The lowest BCUT2D eigenvalue weighted by atomic mass is 10.1. The highest BCUT2D eigenvalue weighted by Crippen LogP contribution is 2.02. The van der Waals surface area contributed by atoms with Gasteiger partial charge >= 0.3 is 0 Å². The molecule has 0 radical (unpaired) electrons. The van der Waals surface area contributed by atoms with Crippen LogP contribution in [0.15, 0.2) is 24.3 Å². The largest absolute Gasteiger partial charge is 0.400 e. The number of carbonyl (C=O) groups is 1. The van der Waals surface area contributed by atoms with Crippen LogP contribution in [-0.2, 0) is 0 Å². The van der Waals surface area contributed by atoms with Gasteiger partial charge in [0, 0.05) is 12.7 Å². The zero-order valence-corrected chi connectivity index (χ0v) is 6.74. The molecular weight excluding hydrogens is 140 g/mol. The molecule has 0 saturated carbocycles. The molecule has 0 aliphatic carbocycles. The molecule has 0 saturated heterocycles. The maximum atomic E-state index is 10.2. The van der Waals surface area contributed by atoms with Crippen molar-refractivity contribution in [1.29, 1.82) is 0 Å². The highest BCUT2D eigenvalue weighted by Gasteiger charge is 1.90. The van der Waals surface area contributed by atoms with Crippen LogP contribution in [0.25, 0.3) is 0 Å². The Morgan fingerprint density at radius 3 is 2.18 bits per heavy atom. The quantitative estimate of drug-likeness (QED) is 0.618. The van der Waals surface area contributed by atoms with Crippen molar-refractivity contribution in [2.24, 2.45) is 0 Å². The Balaban J connectivity index is 0.000000461. The molecule has 0 spiro atoms. The standard InChI is InChI=1S/C8H8O.CH4O/c1-7-4-2-3-5-8(7)6-9;1-2/h2-6H,1H3;2H,1H3. The van der Waals surface area contributed by atoms with E-state index in [0.717, 1.165) is 24.5 Å². The van der Waals surface area contributed by atoms with E-state index in [2.05, 4.69) is 0 Å². The van der Waals surface area contributed by atoms with Gasteiger partial charge in [-0.15, -0.1) is 0 Å². The van der Waals surface area contributed by atoms with Crippen LogP contribution in [-0.4, -0.2) is 18.5 Å². The van der Waals surface area contributed by atoms with E-state index in [0.29, 0.717) is 0 Å². The zero-order valence-electron chi connectivity index (χ0n) is 6.74. The van der Waals surface area contributed by atoms with E-state index < -0.39 is 0 Å². The van der Waals surface area contributed by atoms with E-state index in [9.17, 15) is 4.79 Å². The molecule has 2 heteroatoms. The molecule has 1 rings (SSSR count). The number of hydrogen-bond donors (Lipinski definition) is 1. The lowest BCUT2D eigenvalue weighted by molar-refractivity contribution is 0.112. The molecule has 0 aromatic heterocycles. The van der Waals surface area contributed by atoms with Gasteiger partial charge in [0.15, 0.2) is 0 Å². The molecule has 0 aliphatic heterocycles. The minimum Gasteiger partial charge on any atom is -0.400 e. The molecule has 1 aromatic rings. The lowest BCUT2D eigenvalue weighted by Crippen LogP contribution is -1.82. The first-order valence-electron chi connectivity index (χ1n) is 3.30. The molecule has 0 unspecified atom stereocenters. The second kappa shape index (κ2) is 5.62. The number of aldehydes is 1. The third-order valence-electron chi connectivity index (χ3n) is 1.32.